The minimum atomic E-state index is 0.490. The van der Waals surface area contributed by atoms with E-state index >= 15 is 0 Å². The molecular weight excluding hydrogens is 150 g/mol. The lowest BCUT2D eigenvalue weighted by Gasteiger charge is -2.14. The van der Waals surface area contributed by atoms with Crippen molar-refractivity contribution >= 4 is 0 Å². The van der Waals surface area contributed by atoms with Crippen molar-refractivity contribution in [2.75, 3.05) is 19.7 Å². The van der Waals surface area contributed by atoms with Crippen LogP contribution in [0.5, 0.6) is 0 Å². The third kappa shape index (κ3) is 3.55. The standard InChI is InChI=1S/C10H21NO/c1-3-4-9(2)8-12-10-5-6-11-7-10/h9-11H,3-8H2,1-2H3. The van der Waals surface area contributed by atoms with Gasteiger partial charge in [-0.25, -0.2) is 0 Å². The van der Waals surface area contributed by atoms with E-state index in [2.05, 4.69) is 19.2 Å². The van der Waals surface area contributed by atoms with Gasteiger partial charge >= 0.3 is 0 Å². The van der Waals surface area contributed by atoms with Crippen molar-refractivity contribution in [2.24, 2.45) is 5.92 Å². The number of ether oxygens (including phenoxy) is 1. The number of rotatable bonds is 5. The highest BCUT2D eigenvalue weighted by Crippen LogP contribution is 2.09. The van der Waals surface area contributed by atoms with E-state index in [0.29, 0.717) is 6.10 Å². The van der Waals surface area contributed by atoms with Crippen molar-refractivity contribution in [1.29, 1.82) is 0 Å². The molecule has 72 valence electrons. The summed E-state index contributed by atoms with van der Waals surface area (Å²) in [6.45, 7) is 7.63. The highest BCUT2D eigenvalue weighted by Gasteiger charge is 2.15. The summed E-state index contributed by atoms with van der Waals surface area (Å²) in [5.41, 5.74) is 0. The predicted molar refractivity (Wildman–Crippen MR) is 51.3 cm³/mol. The van der Waals surface area contributed by atoms with Crippen molar-refractivity contribution in [1.82, 2.24) is 5.32 Å². The molecule has 1 aliphatic heterocycles. The third-order valence-electron chi connectivity index (χ3n) is 2.41. The smallest absolute Gasteiger partial charge is 0.0711 e. The van der Waals surface area contributed by atoms with Crippen molar-refractivity contribution in [3.63, 3.8) is 0 Å². The Morgan fingerprint density at radius 3 is 3.00 bits per heavy atom. The van der Waals surface area contributed by atoms with Gasteiger partial charge < -0.3 is 10.1 Å². The van der Waals surface area contributed by atoms with E-state index in [1.54, 1.807) is 0 Å². The van der Waals surface area contributed by atoms with E-state index in [4.69, 9.17) is 4.74 Å². The quantitative estimate of drug-likeness (QED) is 0.681. The molecule has 2 heteroatoms. The van der Waals surface area contributed by atoms with Crippen LogP contribution in [0.2, 0.25) is 0 Å². The highest BCUT2D eigenvalue weighted by molar-refractivity contribution is 4.71. The molecule has 2 nitrogen and oxygen atoms in total. The van der Waals surface area contributed by atoms with Crippen LogP contribution in [0.4, 0.5) is 0 Å². The maximum atomic E-state index is 5.75. The van der Waals surface area contributed by atoms with Crippen molar-refractivity contribution in [3.8, 4) is 0 Å². The summed E-state index contributed by atoms with van der Waals surface area (Å²) in [6, 6.07) is 0. The Labute approximate surface area is 75.7 Å². The first kappa shape index (κ1) is 10.0. The lowest BCUT2D eigenvalue weighted by atomic mass is 10.1. The fraction of sp³-hybridized carbons (Fsp3) is 1.00. The Bertz CT molecular complexity index is 110. The van der Waals surface area contributed by atoms with Crippen LogP contribution in [0.1, 0.15) is 33.1 Å². The number of hydrogen-bond acceptors (Lipinski definition) is 2. The first-order valence-corrected chi connectivity index (χ1v) is 5.15. The van der Waals surface area contributed by atoms with Gasteiger partial charge in [-0.2, -0.15) is 0 Å². The van der Waals surface area contributed by atoms with Gasteiger partial charge in [0.05, 0.1) is 6.10 Å². The second kappa shape index (κ2) is 5.55. The Morgan fingerprint density at radius 2 is 2.42 bits per heavy atom. The average Bonchev–Trinajstić information content (AvgIpc) is 2.53. The van der Waals surface area contributed by atoms with Crippen LogP contribution >= 0.6 is 0 Å². The maximum absolute atomic E-state index is 5.75. The average molecular weight is 171 g/mol. The topological polar surface area (TPSA) is 21.3 Å². The van der Waals surface area contributed by atoms with Gasteiger partial charge in [0.2, 0.25) is 0 Å². The Hall–Kier alpha value is -0.0800. The minimum Gasteiger partial charge on any atom is -0.377 e. The fourth-order valence-corrected chi connectivity index (χ4v) is 1.65. The molecule has 0 radical (unpaired) electrons. The molecule has 1 fully saturated rings. The number of hydrogen-bond donors (Lipinski definition) is 1. The summed E-state index contributed by atoms with van der Waals surface area (Å²) >= 11 is 0. The normalized spacial score (nSPS) is 26.0. The summed E-state index contributed by atoms with van der Waals surface area (Å²) in [7, 11) is 0. The molecule has 0 amide bonds. The SMILES string of the molecule is CCCC(C)COC1CCNC1. The molecule has 2 atom stereocenters. The van der Waals surface area contributed by atoms with E-state index in [1.807, 2.05) is 0 Å². The van der Waals surface area contributed by atoms with Gasteiger partial charge in [-0.15, -0.1) is 0 Å². The molecule has 1 heterocycles. The van der Waals surface area contributed by atoms with Gasteiger partial charge in [-0.3, -0.25) is 0 Å². The molecule has 0 aromatic carbocycles. The van der Waals surface area contributed by atoms with E-state index in [1.165, 1.54) is 19.3 Å². The minimum absolute atomic E-state index is 0.490. The lowest BCUT2D eigenvalue weighted by Crippen LogP contribution is -2.19. The van der Waals surface area contributed by atoms with Crippen LogP contribution in [0, 0.1) is 5.92 Å². The molecule has 0 bridgehead atoms. The molecule has 1 rings (SSSR count). The zero-order chi connectivity index (χ0) is 8.81. The van der Waals surface area contributed by atoms with Crippen LogP contribution < -0.4 is 5.32 Å². The molecule has 0 aromatic rings. The van der Waals surface area contributed by atoms with E-state index < -0.39 is 0 Å². The van der Waals surface area contributed by atoms with Gasteiger partial charge in [0.25, 0.3) is 0 Å². The monoisotopic (exact) mass is 171 g/mol. The van der Waals surface area contributed by atoms with Crippen LogP contribution in [0.15, 0.2) is 0 Å². The van der Waals surface area contributed by atoms with E-state index in [0.717, 1.165) is 25.6 Å². The van der Waals surface area contributed by atoms with Crippen LogP contribution in [0.25, 0.3) is 0 Å². The summed E-state index contributed by atoms with van der Waals surface area (Å²) in [5.74, 6) is 0.732. The van der Waals surface area contributed by atoms with Gasteiger partial charge in [-0.1, -0.05) is 20.3 Å². The van der Waals surface area contributed by atoms with Gasteiger partial charge in [0.15, 0.2) is 0 Å². The molecule has 1 saturated heterocycles. The molecule has 0 aliphatic carbocycles. The predicted octanol–water partition coefficient (Wildman–Crippen LogP) is 1.80. The van der Waals surface area contributed by atoms with Gasteiger partial charge in [0, 0.05) is 13.2 Å². The summed E-state index contributed by atoms with van der Waals surface area (Å²) < 4.78 is 5.75. The lowest BCUT2D eigenvalue weighted by molar-refractivity contribution is 0.0430. The van der Waals surface area contributed by atoms with E-state index in [9.17, 15) is 0 Å². The highest BCUT2D eigenvalue weighted by atomic mass is 16.5. The summed E-state index contributed by atoms with van der Waals surface area (Å²) in [4.78, 5) is 0. The zero-order valence-electron chi connectivity index (χ0n) is 8.31. The van der Waals surface area contributed by atoms with Crippen molar-refractivity contribution in [3.05, 3.63) is 0 Å². The third-order valence-corrected chi connectivity index (χ3v) is 2.41. The molecule has 0 spiro atoms. The largest absolute Gasteiger partial charge is 0.377 e. The van der Waals surface area contributed by atoms with Crippen molar-refractivity contribution < 1.29 is 4.74 Å². The Morgan fingerprint density at radius 1 is 1.58 bits per heavy atom. The summed E-state index contributed by atoms with van der Waals surface area (Å²) in [6.07, 6.45) is 4.25. The fourth-order valence-electron chi connectivity index (χ4n) is 1.65. The second-order valence-electron chi connectivity index (χ2n) is 3.84. The van der Waals surface area contributed by atoms with Gasteiger partial charge in [0.1, 0.15) is 0 Å². The Balaban J connectivity index is 1.99. The van der Waals surface area contributed by atoms with Crippen LogP contribution in [-0.4, -0.2) is 25.8 Å². The molecule has 12 heavy (non-hydrogen) atoms. The molecule has 0 saturated carbocycles. The molecule has 0 aromatic heterocycles. The molecule has 1 aliphatic rings. The Kier molecular flexibility index (Phi) is 4.62. The molecule has 1 N–H and O–H groups in total. The molecule has 2 unspecified atom stereocenters. The summed E-state index contributed by atoms with van der Waals surface area (Å²) in [5, 5.41) is 3.30. The van der Waals surface area contributed by atoms with Crippen LogP contribution in [-0.2, 0) is 4.74 Å². The second-order valence-corrected chi connectivity index (χ2v) is 3.84. The van der Waals surface area contributed by atoms with Crippen LogP contribution in [0.3, 0.4) is 0 Å². The first-order valence-electron chi connectivity index (χ1n) is 5.15. The van der Waals surface area contributed by atoms with Crippen molar-refractivity contribution in [2.45, 2.75) is 39.2 Å². The van der Waals surface area contributed by atoms with E-state index in [-0.39, 0.29) is 0 Å². The maximum Gasteiger partial charge on any atom is 0.0711 e. The first-order chi connectivity index (χ1) is 5.83. The number of nitrogens with one attached hydrogen (secondary N) is 1. The molecular formula is C10H21NO. The zero-order valence-corrected chi connectivity index (χ0v) is 8.31. The van der Waals surface area contributed by atoms with Gasteiger partial charge in [-0.05, 0) is 25.3 Å².